The van der Waals surface area contributed by atoms with Gasteiger partial charge in [0, 0.05) is 6.54 Å². The molecular formula is C20H18FNO4. The molecule has 0 aromatic heterocycles. The molecule has 5 nitrogen and oxygen atoms in total. The van der Waals surface area contributed by atoms with E-state index in [4.69, 9.17) is 4.74 Å². The van der Waals surface area contributed by atoms with E-state index in [1.54, 1.807) is 0 Å². The zero-order valence-corrected chi connectivity index (χ0v) is 14.5. The fourth-order valence-electron chi connectivity index (χ4n) is 2.76. The first-order valence-electron chi connectivity index (χ1n) is 8.28. The quantitative estimate of drug-likeness (QED) is 0.609. The summed E-state index contributed by atoms with van der Waals surface area (Å²) in [6, 6.07) is 9.95. The highest BCUT2D eigenvalue weighted by Gasteiger charge is 2.36. The number of esters is 1. The Morgan fingerprint density at radius 2 is 1.69 bits per heavy atom. The van der Waals surface area contributed by atoms with Gasteiger partial charge in [0.1, 0.15) is 12.4 Å². The van der Waals surface area contributed by atoms with Crippen LogP contribution in [0.1, 0.15) is 50.5 Å². The average molecular weight is 355 g/mol. The fraction of sp³-hybridized carbons (Fsp3) is 0.250. The van der Waals surface area contributed by atoms with Crippen LogP contribution < -0.4 is 0 Å². The predicted octanol–water partition coefficient (Wildman–Crippen LogP) is 3.43. The first-order chi connectivity index (χ1) is 12.4. The molecule has 0 spiro atoms. The standard InChI is InChI=1S/C20H18FNO4/c1-12(2)10-22-18(23)16-8-5-14(9-17(16)19(22)24)20(25)26-11-13-3-6-15(21)7-4-13/h3-9,12H,10-11H2,1-2H3. The minimum absolute atomic E-state index is 0.0114. The molecule has 0 aliphatic carbocycles. The van der Waals surface area contributed by atoms with Gasteiger partial charge in [-0.15, -0.1) is 0 Å². The first kappa shape index (κ1) is 17.8. The Morgan fingerprint density at radius 1 is 1.04 bits per heavy atom. The van der Waals surface area contributed by atoms with Gasteiger partial charge in [-0.1, -0.05) is 26.0 Å². The van der Waals surface area contributed by atoms with Crippen LogP contribution >= 0.6 is 0 Å². The maximum atomic E-state index is 12.9. The van der Waals surface area contributed by atoms with Gasteiger partial charge >= 0.3 is 5.97 Å². The van der Waals surface area contributed by atoms with Gasteiger partial charge in [-0.05, 0) is 41.8 Å². The highest BCUT2D eigenvalue weighted by Crippen LogP contribution is 2.25. The molecule has 0 radical (unpaired) electrons. The van der Waals surface area contributed by atoms with Crippen molar-refractivity contribution in [2.75, 3.05) is 6.54 Å². The molecule has 26 heavy (non-hydrogen) atoms. The Bertz CT molecular complexity index is 874. The summed E-state index contributed by atoms with van der Waals surface area (Å²) < 4.78 is 18.1. The SMILES string of the molecule is CC(C)CN1C(=O)c2ccc(C(=O)OCc3ccc(F)cc3)cc2C1=O. The zero-order valence-electron chi connectivity index (χ0n) is 14.5. The molecule has 1 heterocycles. The number of benzene rings is 2. The third-order valence-corrected chi connectivity index (χ3v) is 4.04. The lowest BCUT2D eigenvalue weighted by Gasteiger charge is -2.15. The van der Waals surface area contributed by atoms with Crippen molar-refractivity contribution in [1.82, 2.24) is 4.90 Å². The molecule has 1 aliphatic heterocycles. The summed E-state index contributed by atoms with van der Waals surface area (Å²) in [6.45, 7) is 4.16. The molecule has 2 aromatic carbocycles. The molecule has 0 saturated heterocycles. The third-order valence-electron chi connectivity index (χ3n) is 4.04. The molecule has 0 fully saturated rings. The van der Waals surface area contributed by atoms with Crippen molar-refractivity contribution in [3.8, 4) is 0 Å². The summed E-state index contributed by atoms with van der Waals surface area (Å²) in [7, 11) is 0. The molecule has 2 aromatic rings. The van der Waals surface area contributed by atoms with Gasteiger partial charge in [-0.25, -0.2) is 9.18 Å². The van der Waals surface area contributed by atoms with E-state index in [1.165, 1.54) is 47.4 Å². The van der Waals surface area contributed by atoms with E-state index >= 15 is 0 Å². The Balaban J connectivity index is 1.74. The summed E-state index contributed by atoms with van der Waals surface area (Å²) in [6.07, 6.45) is 0. The molecule has 1 aliphatic rings. The van der Waals surface area contributed by atoms with Crippen LogP contribution in [-0.2, 0) is 11.3 Å². The maximum Gasteiger partial charge on any atom is 0.338 e. The van der Waals surface area contributed by atoms with Gasteiger partial charge in [0.25, 0.3) is 11.8 Å². The van der Waals surface area contributed by atoms with Crippen LogP contribution in [0.25, 0.3) is 0 Å². The molecule has 6 heteroatoms. The largest absolute Gasteiger partial charge is 0.457 e. The molecular weight excluding hydrogens is 337 g/mol. The highest BCUT2D eigenvalue weighted by molar-refractivity contribution is 6.21. The molecule has 134 valence electrons. The summed E-state index contributed by atoms with van der Waals surface area (Å²) >= 11 is 0. The average Bonchev–Trinajstić information content (AvgIpc) is 2.85. The number of nitrogens with zero attached hydrogens (tertiary/aromatic N) is 1. The topological polar surface area (TPSA) is 63.7 Å². The van der Waals surface area contributed by atoms with Crippen molar-refractivity contribution in [1.29, 1.82) is 0 Å². The van der Waals surface area contributed by atoms with E-state index in [-0.39, 0.29) is 35.4 Å². The molecule has 0 bridgehead atoms. The number of rotatable bonds is 5. The molecule has 0 atom stereocenters. The summed E-state index contributed by atoms with van der Waals surface area (Å²) in [5, 5.41) is 0. The van der Waals surface area contributed by atoms with Gasteiger partial charge in [0.15, 0.2) is 0 Å². The van der Waals surface area contributed by atoms with Crippen LogP contribution in [0.4, 0.5) is 4.39 Å². The van der Waals surface area contributed by atoms with Crippen molar-refractivity contribution in [2.45, 2.75) is 20.5 Å². The van der Waals surface area contributed by atoms with Gasteiger partial charge in [-0.2, -0.15) is 0 Å². The van der Waals surface area contributed by atoms with Gasteiger partial charge < -0.3 is 4.74 Å². The van der Waals surface area contributed by atoms with Crippen molar-refractivity contribution < 1.29 is 23.5 Å². The van der Waals surface area contributed by atoms with E-state index < -0.39 is 11.9 Å². The number of hydrogen-bond acceptors (Lipinski definition) is 4. The summed E-state index contributed by atoms with van der Waals surface area (Å²) in [4.78, 5) is 38.2. The lowest BCUT2D eigenvalue weighted by atomic mass is 10.1. The second kappa shape index (κ2) is 7.07. The molecule has 0 saturated carbocycles. The lowest BCUT2D eigenvalue weighted by Crippen LogP contribution is -2.33. The van der Waals surface area contributed by atoms with E-state index in [0.29, 0.717) is 17.7 Å². The van der Waals surface area contributed by atoms with Crippen molar-refractivity contribution in [3.05, 3.63) is 70.5 Å². The summed E-state index contributed by atoms with van der Waals surface area (Å²) in [5.41, 5.74) is 1.35. The molecule has 0 N–H and O–H groups in total. The predicted molar refractivity (Wildman–Crippen MR) is 92.2 cm³/mol. The number of carbonyl (C=O) groups is 3. The van der Waals surface area contributed by atoms with Crippen LogP contribution in [0.2, 0.25) is 0 Å². The highest BCUT2D eigenvalue weighted by atomic mass is 19.1. The van der Waals surface area contributed by atoms with Crippen LogP contribution in [0.5, 0.6) is 0 Å². The van der Waals surface area contributed by atoms with Crippen molar-refractivity contribution >= 4 is 17.8 Å². The van der Waals surface area contributed by atoms with Gasteiger partial charge in [-0.3, -0.25) is 14.5 Å². The Kier molecular flexibility index (Phi) is 4.84. The molecule has 2 amide bonds. The monoisotopic (exact) mass is 355 g/mol. The van der Waals surface area contributed by atoms with Gasteiger partial charge in [0.05, 0.1) is 16.7 Å². The maximum absolute atomic E-state index is 12.9. The lowest BCUT2D eigenvalue weighted by molar-refractivity contribution is 0.0472. The normalized spacial score (nSPS) is 13.3. The Morgan fingerprint density at radius 3 is 2.35 bits per heavy atom. The smallest absolute Gasteiger partial charge is 0.338 e. The van der Waals surface area contributed by atoms with Crippen molar-refractivity contribution in [2.24, 2.45) is 5.92 Å². The van der Waals surface area contributed by atoms with Crippen LogP contribution in [0, 0.1) is 11.7 Å². The van der Waals surface area contributed by atoms with Crippen LogP contribution in [0.15, 0.2) is 42.5 Å². The first-order valence-corrected chi connectivity index (χ1v) is 8.28. The fourth-order valence-corrected chi connectivity index (χ4v) is 2.76. The second-order valence-electron chi connectivity index (χ2n) is 6.58. The Hall–Kier alpha value is -3.02. The zero-order chi connectivity index (χ0) is 18.8. The summed E-state index contributed by atoms with van der Waals surface area (Å²) in [5.74, 6) is -1.57. The van der Waals surface area contributed by atoms with E-state index in [1.807, 2.05) is 13.8 Å². The number of ether oxygens (including phenoxy) is 1. The minimum atomic E-state index is -0.611. The van der Waals surface area contributed by atoms with E-state index in [9.17, 15) is 18.8 Å². The van der Waals surface area contributed by atoms with Crippen molar-refractivity contribution in [3.63, 3.8) is 0 Å². The Labute approximate surface area is 150 Å². The number of fused-ring (bicyclic) bond motifs is 1. The molecule has 3 rings (SSSR count). The number of carbonyl (C=O) groups excluding carboxylic acids is 3. The third kappa shape index (κ3) is 3.49. The van der Waals surface area contributed by atoms with E-state index in [0.717, 1.165) is 0 Å². The number of hydrogen-bond donors (Lipinski definition) is 0. The van der Waals surface area contributed by atoms with Crippen LogP contribution in [0.3, 0.4) is 0 Å². The van der Waals surface area contributed by atoms with Gasteiger partial charge in [0.2, 0.25) is 0 Å². The number of imide groups is 1. The number of amides is 2. The minimum Gasteiger partial charge on any atom is -0.457 e. The molecule has 0 unspecified atom stereocenters. The van der Waals surface area contributed by atoms with Crippen LogP contribution in [-0.4, -0.2) is 29.2 Å². The second-order valence-corrected chi connectivity index (χ2v) is 6.58. The van der Waals surface area contributed by atoms with E-state index in [2.05, 4.69) is 0 Å². The number of halogens is 1.